The highest BCUT2D eigenvalue weighted by atomic mass is 16.5. The zero-order chi connectivity index (χ0) is 23.2. The van der Waals surface area contributed by atoms with Crippen molar-refractivity contribution >= 4 is 5.69 Å². The summed E-state index contributed by atoms with van der Waals surface area (Å²) in [6.45, 7) is 5.74. The summed E-state index contributed by atoms with van der Waals surface area (Å²) >= 11 is 0. The van der Waals surface area contributed by atoms with Crippen molar-refractivity contribution in [1.82, 2.24) is 4.98 Å². The lowest BCUT2D eigenvalue weighted by Crippen LogP contribution is -2.36. The van der Waals surface area contributed by atoms with Gasteiger partial charge in [-0.1, -0.05) is 80.1 Å². The van der Waals surface area contributed by atoms with E-state index in [1.807, 2.05) is 6.07 Å². The van der Waals surface area contributed by atoms with E-state index in [0.29, 0.717) is 0 Å². The van der Waals surface area contributed by atoms with Crippen LogP contribution in [0.25, 0.3) is 33.6 Å². The topological polar surface area (TPSA) is 25.4 Å². The van der Waals surface area contributed by atoms with Crippen molar-refractivity contribution < 1.29 is 4.74 Å². The molecule has 1 aromatic heterocycles. The number of ether oxygens (including phenoxy) is 1. The van der Waals surface area contributed by atoms with Gasteiger partial charge in [0.2, 0.25) is 0 Å². The molecule has 0 aliphatic carbocycles. The van der Waals surface area contributed by atoms with Gasteiger partial charge in [-0.15, -0.1) is 0 Å². The van der Waals surface area contributed by atoms with Gasteiger partial charge < -0.3 is 9.64 Å². The van der Waals surface area contributed by atoms with Crippen LogP contribution in [0.5, 0.6) is 0 Å². The van der Waals surface area contributed by atoms with E-state index in [1.54, 1.807) is 0 Å². The number of aromatic nitrogens is 1. The van der Waals surface area contributed by atoms with E-state index in [1.165, 1.54) is 35.2 Å². The van der Waals surface area contributed by atoms with Gasteiger partial charge in [0.25, 0.3) is 0 Å². The van der Waals surface area contributed by atoms with Crippen LogP contribution in [0, 0.1) is 0 Å². The van der Waals surface area contributed by atoms with Crippen molar-refractivity contribution in [2.75, 3.05) is 31.2 Å². The second-order valence-electron chi connectivity index (χ2n) is 8.94. The van der Waals surface area contributed by atoms with Crippen LogP contribution in [-0.4, -0.2) is 31.3 Å². The van der Waals surface area contributed by atoms with Crippen molar-refractivity contribution in [2.45, 2.75) is 26.2 Å². The Morgan fingerprint density at radius 1 is 0.706 bits per heavy atom. The Balaban J connectivity index is 1.50. The summed E-state index contributed by atoms with van der Waals surface area (Å²) in [7, 11) is 0. The fourth-order valence-corrected chi connectivity index (χ4v) is 4.51. The third kappa shape index (κ3) is 5.21. The standard InChI is InChI=1S/C31H32N2O/c1-2-3-7-24-10-12-27(13-11-24)31-23-28(22-30(32-31)26-8-5-4-6-9-26)25-14-16-29(17-15-25)33-18-20-34-21-19-33/h4-6,8-17,22-23H,2-3,7,18-21H2,1H3. The quantitative estimate of drug-likeness (QED) is 0.297. The van der Waals surface area contributed by atoms with E-state index in [0.717, 1.165) is 55.2 Å². The molecule has 3 aromatic carbocycles. The SMILES string of the molecule is CCCCc1ccc(-c2cc(-c3ccc(N4CCOCC4)cc3)cc(-c3ccccc3)n2)cc1. The van der Waals surface area contributed by atoms with Gasteiger partial charge in [0.1, 0.15) is 0 Å². The number of nitrogens with zero attached hydrogens (tertiary/aromatic N) is 2. The summed E-state index contributed by atoms with van der Waals surface area (Å²) in [5, 5.41) is 0. The van der Waals surface area contributed by atoms with Gasteiger partial charge >= 0.3 is 0 Å². The summed E-state index contributed by atoms with van der Waals surface area (Å²) in [5.41, 5.74) is 9.34. The first-order chi connectivity index (χ1) is 16.8. The van der Waals surface area contributed by atoms with Crippen LogP contribution in [0.3, 0.4) is 0 Å². The molecule has 0 unspecified atom stereocenters. The Labute approximate surface area is 203 Å². The lowest BCUT2D eigenvalue weighted by molar-refractivity contribution is 0.122. The molecule has 0 atom stereocenters. The lowest BCUT2D eigenvalue weighted by Gasteiger charge is -2.29. The molecule has 1 fully saturated rings. The molecule has 5 rings (SSSR count). The second-order valence-corrected chi connectivity index (χ2v) is 8.94. The molecule has 0 saturated carbocycles. The second kappa shape index (κ2) is 10.7. The lowest BCUT2D eigenvalue weighted by atomic mass is 9.98. The predicted molar refractivity (Wildman–Crippen MR) is 142 cm³/mol. The number of pyridine rings is 1. The van der Waals surface area contributed by atoms with Crippen LogP contribution in [-0.2, 0) is 11.2 Å². The third-order valence-corrected chi connectivity index (χ3v) is 6.54. The first-order valence-electron chi connectivity index (χ1n) is 12.4. The Morgan fingerprint density at radius 3 is 1.97 bits per heavy atom. The molecule has 172 valence electrons. The highest BCUT2D eigenvalue weighted by molar-refractivity contribution is 5.77. The first-order valence-corrected chi connectivity index (χ1v) is 12.4. The molecule has 0 radical (unpaired) electrons. The van der Waals surface area contributed by atoms with Gasteiger partial charge in [0.05, 0.1) is 24.6 Å². The maximum atomic E-state index is 5.50. The fourth-order valence-electron chi connectivity index (χ4n) is 4.51. The summed E-state index contributed by atoms with van der Waals surface area (Å²) in [6.07, 6.45) is 3.58. The van der Waals surface area contributed by atoms with Crippen molar-refractivity contribution in [3.63, 3.8) is 0 Å². The van der Waals surface area contributed by atoms with E-state index in [9.17, 15) is 0 Å². The number of benzene rings is 3. The average molecular weight is 449 g/mol. The summed E-state index contributed by atoms with van der Waals surface area (Å²) in [6, 6.07) is 32.7. The highest BCUT2D eigenvalue weighted by Gasteiger charge is 2.13. The first kappa shape index (κ1) is 22.4. The largest absolute Gasteiger partial charge is 0.378 e. The van der Waals surface area contributed by atoms with Gasteiger partial charge in [0, 0.05) is 29.9 Å². The highest BCUT2D eigenvalue weighted by Crippen LogP contribution is 2.31. The van der Waals surface area contributed by atoms with Gasteiger partial charge in [-0.3, -0.25) is 0 Å². The molecule has 0 spiro atoms. The molecule has 1 aliphatic rings. The van der Waals surface area contributed by atoms with Crippen molar-refractivity contribution in [1.29, 1.82) is 0 Å². The van der Waals surface area contributed by atoms with Gasteiger partial charge in [-0.25, -0.2) is 4.98 Å². The minimum absolute atomic E-state index is 0.799. The Morgan fingerprint density at radius 2 is 1.32 bits per heavy atom. The molecule has 3 nitrogen and oxygen atoms in total. The van der Waals surface area contributed by atoms with E-state index in [2.05, 4.69) is 96.8 Å². The molecule has 3 heteroatoms. The maximum Gasteiger partial charge on any atom is 0.0715 e. The van der Waals surface area contributed by atoms with Crippen LogP contribution in [0.2, 0.25) is 0 Å². The van der Waals surface area contributed by atoms with E-state index >= 15 is 0 Å². The fraction of sp³-hybridized carbons (Fsp3) is 0.258. The third-order valence-electron chi connectivity index (χ3n) is 6.54. The van der Waals surface area contributed by atoms with E-state index in [-0.39, 0.29) is 0 Å². The minimum Gasteiger partial charge on any atom is -0.378 e. The molecule has 34 heavy (non-hydrogen) atoms. The number of morpholine rings is 1. The van der Waals surface area contributed by atoms with Crippen LogP contribution >= 0.6 is 0 Å². The summed E-state index contributed by atoms with van der Waals surface area (Å²) < 4.78 is 5.50. The van der Waals surface area contributed by atoms with Crippen LogP contribution in [0.4, 0.5) is 5.69 Å². The predicted octanol–water partition coefficient (Wildman–Crippen LogP) is 7.26. The molecule has 0 N–H and O–H groups in total. The van der Waals surface area contributed by atoms with Crippen LogP contribution in [0.1, 0.15) is 25.3 Å². The number of rotatable bonds is 7. The molecule has 0 bridgehead atoms. The Kier molecular flexibility index (Phi) is 7.02. The smallest absolute Gasteiger partial charge is 0.0715 e. The minimum atomic E-state index is 0.799. The van der Waals surface area contributed by atoms with Gasteiger partial charge in [-0.2, -0.15) is 0 Å². The van der Waals surface area contributed by atoms with Crippen LogP contribution in [0.15, 0.2) is 91.0 Å². The number of hydrogen-bond donors (Lipinski definition) is 0. The van der Waals surface area contributed by atoms with Crippen molar-refractivity contribution in [2.24, 2.45) is 0 Å². The molecule has 0 amide bonds. The van der Waals surface area contributed by atoms with Crippen molar-refractivity contribution in [3.8, 4) is 33.6 Å². The molecule has 1 aliphatic heterocycles. The zero-order valence-electron chi connectivity index (χ0n) is 19.9. The van der Waals surface area contributed by atoms with E-state index in [4.69, 9.17) is 9.72 Å². The molecular formula is C31H32N2O. The van der Waals surface area contributed by atoms with E-state index < -0.39 is 0 Å². The van der Waals surface area contributed by atoms with Crippen molar-refractivity contribution in [3.05, 3.63) is 96.6 Å². The maximum absolute atomic E-state index is 5.50. The number of unbranched alkanes of at least 4 members (excludes halogenated alkanes) is 1. The molecule has 2 heterocycles. The molecule has 4 aromatic rings. The number of hydrogen-bond acceptors (Lipinski definition) is 3. The average Bonchev–Trinajstić information content (AvgIpc) is 2.93. The number of aryl methyl sites for hydroxylation is 1. The summed E-state index contributed by atoms with van der Waals surface area (Å²) in [4.78, 5) is 7.45. The molecular weight excluding hydrogens is 416 g/mol. The Bertz CT molecular complexity index is 1190. The van der Waals surface area contributed by atoms with Gasteiger partial charge in [0.15, 0.2) is 0 Å². The number of anilines is 1. The molecule has 1 saturated heterocycles. The summed E-state index contributed by atoms with van der Waals surface area (Å²) in [5.74, 6) is 0. The monoisotopic (exact) mass is 448 g/mol. The Hall–Kier alpha value is -3.43. The zero-order valence-corrected chi connectivity index (χ0v) is 19.9. The normalized spacial score (nSPS) is 13.7. The van der Waals surface area contributed by atoms with Crippen LogP contribution < -0.4 is 4.90 Å². The van der Waals surface area contributed by atoms with Gasteiger partial charge in [-0.05, 0) is 53.8 Å².